The van der Waals surface area contributed by atoms with Crippen molar-refractivity contribution in [2.45, 2.75) is 0 Å². The van der Waals surface area contributed by atoms with Crippen molar-refractivity contribution >= 4 is 5.78 Å². The van der Waals surface area contributed by atoms with Crippen LogP contribution in [0, 0.1) is 7.43 Å². The fourth-order valence-electron chi connectivity index (χ4n) is 2.81. The van der Waals surface area contributed by atoms with Gasteiger partial charge in [0.25, 0.3) is 0 Å². The SMILES string of the molecule is O=C(C[N+]12CNCN(CNC1)C2)c1ccccc1.[CH2]. The number of hydrogen-bond donors (Lipinski definition) is 2. The van der Waals surface area contributed by atoms with Crippen molar-refractivity contribution in [2.24, 2.45) is 0 Å². The van der Waals surface area contributed by atoms with Gasteiger partial charge in [-0.1, -0.05) is 37.8 Å². The number of quaternary nitrogens is 1. The van der Waals surface area contributed by atoms with E-state index in [0.29, 0.717) is 6.54 Å². The average Bonchev–Trinajstić information content (AvgIpc) is 2.39. The van der Waals surface area contributed by atoms with E-state index in [1.54, 1.807) is 0 Å². The number of Topliss-reactive ketones (excluding diaryl/α,β-unsaturated/α-hetero) is 1. The van der Waals surface area contributed by atoms with Crippen LogP contribution in [0.2, 0.25) is 0 Å². The Kier molecular flexibility index (Phi) is 4.31. The number of nitrogens with zero attached hydrogens (tertiary/aromatic N) is 2. The van der Waals surface area contributed by atoms with Gasteiger partial charge in [0.1, 0.15) is 26.6 Å². The number of rotatable bonds is 3. The Morgan fingerprint density at radius 3 is 2.42 bits per heavy atom. The summed E-state index contributed by atoms with van der Waals surface area (Å²) < 4.78 is 0.772. The number of nitrogens with one attached hydrogen (secondary N) is 2. The molecule has 5 heteroatoms. The van der Waals surface area contributed by atoms with Gasteiger partial charge in [-0.05, 0) is 0 Å². The lowest BCUT2D eigenvalue weighted by atomic mass is 10.1. The Balaban J connectivity index is 0.00000133. The molecule has 102 valence electrons. The van der Waals surface area contributed by atoms with Gasteiger partial charge in [-0.3, -0.25) is 19.9 Å². The molecule has 2 aliphatic rings. The largest absolute Gasteiger partial charge is 0.288 e. The van der Waals surface area contributed by atoms with Crippen molar-refractivity contribution in [2.75, 3.05) is 39.9 Å². The lowest BCUT2D eigenvalue weighted by molar-refractivity contribution is -0.946. The molecule has 0 aliphatic carbocycles. The molecule has 0 aromatic heterocycles. The first-order valence-corrected chi connectivity index (χ1v) is 6.35. The van der Waals surface area contributed by atoms with Crippen LogP contribution in [-0.4, -0.2) is 55.1 Å². The van der Waals surface area contributed by atoms with Gasteiger partial charge in [0.15, 0.2) is 0 Å². The van der Waals surface area contributed by atoms with Crippen molar-refractivity contribution in [1.29, 1.82) is 0 Å². The van der Waals surface area contributed by atoms with Gasteiger partial charge in [-0.2, -0.15) is 0 Å². The van der Waals surface area contributed by atoms with Crippen LogP contribution in [0.15, 0.2) is 30.3 Å². The molecule has 1 aromatic rings. The second kappa shape index (κ2) is 5.79. The second-order valence-electron chi connectivity index (χ2n) is 5.23. The molecule has 2 N–H and O–H groups in total. The van der Waals surface area contributed by atoms with Gasteiger partial charge in [0, 0.05) is 5.56 Å². The quantitative estimate of drug-likeness (QED) is 0.607. The maximum Gasteiger partial charge on any atom is 0.217 e. The van der Waals surface area contributed by atoms with E-state index in [0.717, 1.165) is 43.4 Å². The van der Waals surface area contributed by atoms with E-state index in [2.05, 4.69) is 15.5 Å². The highest BCUT2D eigenvalue weighted by Gasteiger charge is 2.38. The molecule has 0 unspecified atom stereocenters. The molecule has 2 saturated heterocycles. The number of hydrogen-bond acceptors (Lipinski definition) is 4. The van der Waals surface area contributed by atoms with Gasteiger partial charge in [0.05, 0.1) is 13.3 Å². The summed E-state index contributed by atoms with van der Waals surface area (Å²) in [7, 11) is 0. The van der Waals surface area contributed by atoms with Crippen LogP contribution in [0.25, 0.3) is 0 Å². The Hall–Kier alpha value is -1.27. The van der Waals surface area contributed by atoms with Crippen LogP contribution < -0.4 is 10.6 Å². The van der Waals surface area contributed by atoms with Crippen LogP contribution in [0.5, 0.6) is 0 Å². The highest BCUT2D eigenvalue weighted by Crippen LogP contribution is 2.15. The summed E-state index contributed by atoms with van der Waals surface area (Å²) in [6, 6.07) is 9.57. The first-order chi connectivity index (χ1) is 8.77. The molecule has 5 nitrogen and oxygen atoms in total. The van der Waals surface area contributed by atoms with Gasteiger partial charge < -0.3 is 0 Å². The third kappa shape index (κ3) is 3.01. The summed E-state index contributed by atoms with van der Waals surface area (Å²) in [4.78, 5) is 14.6. The Labute approximate surface area is 114 Å². The molecule has 0 spiro atoms. The van der Waals surface area contributed by atoms with Crippen LogP contribution >= 0.6 is 0 Å². The zero-order chi connectivity index (χ0) is 12.4. The minimum absolute atomic E-state index is 0. The van der Waals surface area contributed by atoms with Crippen LogP contribution in [0.1, 0.15) is 10.4 Å². The summed E-state index contributed by atoms with van der Waals surface area (Å²) in [5.41, 5.74) is 0.813. The van der Waals surface area contributed by atoms with E-state index in [-0.39, 0.29) is 13.2 Å². The summed E-state index contributed by atoms with van der Waals surface area (Å²) >= 11 is 0. The fraction of sp³-hybridized carbons (Fsp3) is 0.429. The van der Waals surface area contributed by atoms with Gasteiger partial charge in [-0.25, -0.2) is 4.90 Å². The van der Waals surface area contributed by atoms with Crippen molar-refractivity contribution in [1.82, 2.24) is 15.5 Å². The molecule has 19 heavy (non-hydrogen) atoms. The number of ketones is 1. The molecule has 2 radical (unpaired) electrons. The number of fused-ring (bicyclic) bond motifs is 2. The first-order valence-electron chi connectivity index (χ1n) is 6.35. The van der Waals surface area contributed by atoms with Gasteiger partial charge in [-0.15, -0.1) is 0 Å². The molecular weight excluding hydrogens is 240 g/mol. The van der Waals surface area contributed by atoms with E-state index < -0.39 is 0 Å². The summed E-state index contributed by atoms with van der Waals surface area (Å²) in [6.07, 6.45) is 0. The average molecular weight is 261 g/mol. The first kappa shape index (κ1) is 14.1. The zero-order valence-corrected chi connectivity index (χ0v) is 11.1. The third-order valence-electron chi connectivity index (χ3n) is 3.64. The normalized spacial score (nSPS) is 29.4. The lowest BCUT2D eigenvalue weighted by Crippen LogP contribution is -2.73. The van der Waals surface area contributed by atoms with Crippen LogP contribution in [-0.2, 0) is 0 Å². The van der Waals surface area contributed by atoms with E-state index in [1.165, 1.54) is 0 Å². The minimum Gasteiger partial charge on any atom is -0.288 e. The molecule has 2 bridgehead atoms. The Morgan fingerprint density at radius 2 is 1.79 bits per heavy atom. The molecule has 2 fully saturated rings. The molecular formula is C14H21N4O+. The van der Waals surface area contributed by atoms with Crippen molar-refractivity contribution in [3.05, 3.63) is 43.3 Å². The van der Waals surface area contributed by atoms with Gasteiger partial charge in [0.2, 0.25) is 5.78 Å². The minimum atomic E-state index is 0. The highest BCUT2D eigenvalue weighted by atomic mass is 16.1. The fourth-order valence-corrected chi connectivity index (χ4v) is 2.81. The predicted octanol–water partition coefficient (Wildman–Crippen LogP) is 0.309. The van der Waals surface area contributed by atoms with Crippen LogP contribution in [0.3, 0.4) is 0 Å². The standard InChI is InChI=1S/C13H19N4O.CH2/c18-13(12-4-2-1-3-5-12)6-17-9-14-7-16(11-17)8-15-10-17;/h1-5,14-15H,6-11H2;1H2/q+1;. The highest BCUT2D eigenvalue weighted by molar-refractivity contribution is 5.96. The maximum absolute atomic E-state index is 12.3. The molecule has 2 aliphatic heterocycles. The molecule has 0 saturated carbocycles. The zero-order valence-electron chi connectivity index (χ0n) is 11.1. The maximum atomic E-state index is 12.3. The Morgan fingerprint density at radius 1 is 1.16 bits per heavy atom. The van der Waals surface area contributed by atoms with E-state index in [9.17, 15) is 4.79 Å². The number of carbonyl (C=O) groups is 1. The summed E-state index contributed by atoms with van der Waals surface area (Å²) in [5, 5.41) is 6.78. The van der Waals surface area contributed by atoms with E-state index in [4.69, 9.17) is 0 Å². The number of benzene rings is 1. The molecule has 2 heterocycles. The molecule has 0 atom stereocenters. The number of carbonyl (C=O) groups excluding carboxylic acids is 1. The summed E-state index contributed by atoms with van der Waals surface area (Å²) in [5.74, 6) is 0.225. The third-order valence-corrected chi connectivity index (χ3v) is 3.64. The van der Waals surface area contributed by atoms with E-state index in [1.807, 2.05) is 30.3 Å². The molecule has 1 aromatic carbocycles. The summed E-state index contributed by atoms with van der Waals surface area (Å²) in [6.45, 7) is 5.06. The van der Waals surface area contributed by atoms with Crippen molar-refractivity contribution in [3.63, 3.8) is 0 Å². The van der Waals surface area contributed by atoms with Crippen LogP contribution in [0.4, 0.5) is 0 Å². The second-order valence-corrected chi connectivity index (χ2v) is 5.23. The predicted molar refractivity (Wildman–Crippen MR) is 73.7 cm³/mol. The Bertz CT molecular complexity index is 424. The topological polar surface area (TPSA) is 44.4 Å². The van der Waals surface area contributed by atoms with E-state index >= 15 is 0 Å². The van der Waals surface area contributed by atoms with Gasteiger partial charge >= 0.3 is 0 Å². The lowest BCUT2D eigenvalue weighted by Gasteiger charge is -2.49. The van der Waals surface area contributed by atoms with Crippen molar-refractivity contribution in [3.8, 4) is 0 Å². The molecule has 3 rings (SSSR count). The van der Waals surface area contributed by atoms with Crippen molar-refractivity contribution < 1.29 is 9.28 Å². The smallest absolute Gasteiger partial charge is 0.217 e. The monoisotopic (exact) mass is 261 g/mol. The molecule has 0 amide bonds.